The number of benzene rings is 1. The molecule has 2 aromatic heterocycles. The maximum Gasteiger partial charge on any atom is 0.433 e. The van der Waals surface area contributed by atoms with Gasteiger partial charge in [-0.3, -0.25) is 14.2 Å². The molecule has 3 rings (SSSR count). The van der Waals surface area contributed by atoms with Crippen LogP contribution in [0.15, 0.2) is 42.7 Å². The lowest BCUT2D eigenvalue weighted by molar-refractivity contribution is -0.143. The molecule has 10 heteroatoms. The van der Waals surface area contributed by atoms with Crippen LogP contribution >= 0.6 is 11.6 Å². The van der Waals surface area contributed by atoms with Crippen molar-refractivity contribution >= 4 is 23.2 Å². The number of nitrogens with zero attached hydrogens (tertiary/aromatic N) is 4. The number of rotatable bonds is 4. The molecule has 0 aliphatic carbocycles. The largest absolute Gasteiger partial charge is 0.433 e. The predicted molar refractivity (Wildman–Crippen MR) is 88.9 cm³/mol. The van der Waals surface area contributed by atoms with Crippen LogP contribution in [-0.2, 0) is 19.8 Å². The Labute approximate surface area is 151 Å². The third-order valence-corrected chi connectivity index (χ3v) is 3.95. The minimum absolute atomic E-state index is 0.335. The average Bonchev–Trinajstić information content (AvgIpc) is 3.16. The molecule has 1 N–H and O–H groups in total. The Morgan fingerprint density at radius 3 is 2.69 bits per heavy atom. The topological polar surface area (TPSA) is 64.7 Å². The summed E-state index contributed by atoms with van der Waals surface area (Å²) in [6.07, 6.45) is -1.64. The number of anilines is 1. The highest BCUT2D eigenvalue weighted by Crippen LogP contribution is 2.29. The standard InChI is InChI=1S/C16H13ClF3N5O/c1-24-14(16(18,19)20)6-13(23-24)15(26)22-11-7-21-25(9-11)8-10-4-2-3-5-12(10)17/h2-7,9H,8H2,1H3,(H,22,26). The van der Waals surface area contributed by atoms with Crippen molar-refractivity contribution in [2.75, 3.05) is 5.32 Å². The number of amides is 1. The number of alkyl halides is 3. The summed E-state index contributed by atoms with van der Waals surface area (Å²) >= 11 is 6.09. The fraction of sp³-hybridized carbons (Fsp3) is 0.188. The van der Waals surface area contributed by atoms with Gasteiger partial charge in [-0.2, -0.15) is 23.4 Å². The van der Waals surface area contributed by atoms with Gasteiger partial charge in [0.25, 0.3) is 5.91 Å². The Morgan fingerprint density at radius 1 is 1.31 bits per heavy atom. The molecule has 3 aromatic rings. The van der Waals surface area contributed by atoms with Gasteiger partial charge >= 0.3 is 6.18 Å². The minimum Gasteiger partial charge on any atom is -0.318 e. The van der Waals surface area contributed by atoms with Crippen LogP contribution in [0.4, 0.5) is 18.9 Å². The van der Waals surface area contributed by atoms with Crippen molar-refractivity contribution in [3.8, 4) is 0 Å². The summed E-state index contributed by atoms with van der Waals surface area (Å²) < 4.78 is 40.5. The highest BCUT2D eigenvalue weighted by Gasteiger charge is 2.35. The number of aromatic nitrogens is 4. The molecule has 6 nitrogen and oxygen atoms in total. The number of halogens is 4. The van der Waals surface area contributed by atoms with Gasteiger partial charge < -0.3 is 5.32 Å². The van der Waals surface area contributed by atoms with Gasteiger partial charge in [-0.15, -0.1) is 0 Å². The molecule has 1 amide bonds. The van der Waals surface area contributed by atoms with Crippen LogP contribution in [0.25, 0.3) is 0 Å². The lowest BCUT2D eigenvalue weighted by atomic mass is 10.2. The fourth-order valence-corrected chi connectivity index (χ4v) is 2.55. The molecule has 26 heavy (non-hydrogen) atoms. The molecule has 0 aliphatic heterocycles. The van der Waals surface area contributed by atoms with E-state index in [0.29, 0.717) is 28.0 Å². The zero-order chi connectivity index (χ0) is 18.9. The van der Waals surface area contributed by atoms with Crippen molar-refractivity contribution in [2.24, 2.45) is 7.05 Å². The number of nitrogens with one attached hydrogen (secondary N) is 1. The molecule has 0 bridgehead atoms. The quantitative estimate of drug-likeness (QED) is 0.748. The number of carbonyl (C=O) groups is 1. The van der Waals surface area contributed by atoms with E-state index < -0.39 is 17.8 Å². The summed E-state index contributed by atoms with van der Waals surface area (Å²) in [5.41, 5.74) is -0.160. The van der Waals surface area contributed by atoms with E-state index in [2.05, 4.69) is 15.5 Å². The smallest absolute Gasteiger partial charge is 0.318 e. The van der Waals surface area contributed by atoms with Gasteiger partial charge in [0.15, 0.2) is 5.69 Å². The van der Waals surface area contributed by atoms with Gasteiger partial charge in [0.05, 0.1) is 18.4 Å². The van der Waals surface area contributed by atoms with Crippen LogP contribution in [0.5, 0.6) is 0 Å². The monoisotopic (exact) mass is 383 g/mol. The molecule has 0 aliphatic rings. The molecule has 0 saturated heterocycles. The van der Waals surface area contributed by atoms with Gasteiger partial charge in [0.1, 0.15) is 5.69 Å². The number of hydrogen-bond acceptors (Lipinski definition) is 3. The lowest BCUT2D eigenvalue weighted by Crippen LogP contribution is -2.12. The summed E-state index contributed by atoms with van der Waals surface area (Å²) in [5, 5.41) is 10.8. The van der Waals surface area contributed by atoms with E-state index in [1.54, 1.807) is 16.9 Å². The van der Waals surface area contributed by atoms with E-state index in [0.717, 1.165) is 12.6 Å². The number of carbonyl (C=O) groups excluding carboxylic acids is 1. The van der Waals surface area contributed by atoms with Crippen molar-refractivity contribution in [3.63, 3.8) is 0 Å². The summed E-state index contributed by atoms with van der Waals surface area (Å²) in [6, 6.07) is 7.94. The first-order chi connectivity index (χ1) is 12.2. The van der Waals surface area contributed by atoms with Gasteiger partial charge in [0.2, 0.25) is 0 Å². The molecule has 1 aromatic carbocycles. The van der Waals surface area contributed by atoms with Crippen LogP contribution in [0.3, 0.4) is 0 Å². The molecule has 0 atom stereocenters. The van der Waals surface area contributed by atoms with E-state index in [1.165, 1.54) is 6.20 Å². The predicted octanol–water partition coefficient (Wildman–Crippen LogP) is 3.59. The second-order valence-corrected chi connectivity index (χ2v) is 5.92. The Balaban J connectivity index is 1.71. The van der Waals surface area contributed by atoms with Crippen molar-refractivity contribution in [3.05, 3.63) is 64.7 Å². The first-order valence-corrected chi connectivity index (χ1v) is 7.80. The van der Waals surface area contributed by atoms with Crippen molar-refractivity contribution in [1.82, 2.24) is 19.6 Å². The Morgan fingerprint density at radius 2 is 2.04 bits per heavy atom. The maximum atomic E-state index is 12.8. The van der Waals surface area contributed by atoms with Crippen molar-refractivity contribution < 1.29 is 18.0 Å². The zero-order valence-electron chi connectivity index (χ0n) is 13.5. The van der Waals surface area contributed by atoms with Gasteiger partial charge in [-0.05, 0) is 11.6 Å². The number of aryl methyl sites for hydroxylation is 1. The molecule has 0 saturated carbocycles. The van der Waals surface area contributed by atoms with E-state index >= 15 is 0 Å². The SMILES string of the molecule is Cn1nc(C(=O)Nc2cnn(Cc3ccccc3Cl)c2)cc1C(F)(F)F. The molecule has 0 spiro atoms. The van der Waals surface area contributed by atoms with Crippen LogP contribution in [0.1, 0.15) is 21.7 Å². The first-order valence-electron chi connectivity index (χ1n) is 7.42. The van der Waals surface area contributed by atoms with Crippen LogP contribution < -0.4 is 5.32 Å². The zero-order valence-corrected chi connectivity index (χ0v) is 14.2. The second-order valence-electron chi connectivity index (χ2n) is 5.51. The number of hydrogen-bond donors (Lipinski definition) is 1. The fourth-order valence-electron chi connectivity index (χ4n) is 2.35. The van der Waals surface area contributed by atoms with Crippen LogP contribution in [0, 0.1) is 0 Å². The average molecular weight is 384 g/mol. The molecule has 0 radical (unpaired) electrons. The van der Waals surface area contributed by atoms with E-state index in [1.807, 2.05) is 18.2 Å². The molecular weight excluding hydrogens is 371 g/mol. The third kappa shape index (κ3) is 3.88. The van der Waals surface area contributed by atoms with Gasteiger partial charge in [-0.1, -0.05) is 29.8 Å². The van der Waals surface area contributed by atoms with Crippen LogP contribution in [-0.4, -0.2) is 25.5 Å². The third-order valence-electron chi connectivity index (χ3n) is 3.58. The highest BCUT2D eigenvalue weighted by molar-refractivity contribution is 6.31. The maximum absolute atomic E-state index is 12.8. The van der Waals surface area contributed by atoms with E-state index in [9.17, 15) is 18.0 Å². The summed E-state index contributed by atoms with van der Waals surface area (Å²) in [5.74, 6) is -0.756. The van der Waals surface area contributed by atoms with Crippen molar-refractivity contribution in [1.29, 1.82) is 0 Å². The lowest BCUT2D eigenvalue weighted by Gasteiger charge is -2.04. The minimum atomic E-state index is -4.58. The van der Waals surface area contributed by atoms with Gasteiger partial charge in [0, 0.05) is 24.3 Å². The summed E-state index contributed by atoms with van der Waals surface area (Å²) in [7, 11) is 1.13. The molecule has 0 fully saturated rings. The highest BCUT2D eigenvalue weighted by atomic mass is 35.5. The Kier molecular flexibility index (Phi) is 4.73. The molecule has 0 unspecified atom stereocenters. The second kappa shape index (κ2) is 6.83. The Hall–Kier alpha value is -2.81. The Bertz CT molecular complexity index is 948. The normalized spacial score (nSPS) is 11.6. The van der Waals surface area contributed by atoms with E-state index in [4.69, 9.17) is 11.6 Å². The molecule has 2 heterocycles. The van der Waals surface area contributed by atoms with E-state index in [-0.39, 0.29) is 5.69 Å². The first kappa shape index (κ1) is 18.0. The van der Waals surface area contributed by atoms with Gasteiger partial charge in [-0.25, -0.2) is 0 Å². The molecular formula is C16H13ClF3N5O. The summed E-state index contributed by atoms with van der Waals surface area (Å²) in [4.78, 5) is 12.1. The van der Waals surface area contributed by atoms with Crippen molar-refractivity contribution in [2.45, 2.75) is 12.7 Å². The molecule has 136 valence electrons. The summed E-state index contributed by atoms with van der Waals surface area (Å²) in [6.45, 7) is 0.386. The van der Waals surface area contributed by atoms with Crippen LogP contribution in [0.2, 0.25) is 5.02 Å².